The normalized spacial score (nSPS) is 28.8. The Labute approximate surface area is 149 Å². The van der Waals surface area contributed by atoms with Gasteiger partial charge in [0.25, 0.3) is 5.56 Å². The zero-order valence-electron chi connectivity index (χ0n) is 14.2. The van der Waals surface area contributed by atoms with Gasteiger partial charge < -0.3 is 9.47 Å². The van der Waals surface area contributed by atoms with E-state index < -0.39 is 0 Å². The molecule has 3 nitrogen and oxygen atoms in total. The molecule has 2 aromatic rings. The summed E-state index contributed by atoms with van der Waals surface area (Å²) in [4.78, 5) is 15.7. The quantitative estimate of drug-likeness (QED) is 0.788. The molecule has 4 heteroatoms. The maximum absolute atomic E-state index is 13.1. The maximum Gasteiger partial charge on any atom is 0.258 e. The predicted octanol–water partition coefficient (Wildman–Crippen LogP) is 3.71. The summed E-state index contributed by atoms with van der Waals surface area (Å²) in [6.07, 6.45) is 10.5. The Balaban J connectivity index is 0.00000146. The highest BCUT2D eigenvalue weighted by atomic mass is 35.5. The highest BCUT2D eigenvalue weighted by Crippen LogP contribution is 2.40. The first-order chi connectivity index (χ1) is 11.2. The van der Waals surface area contributed by atoms with Gasteiger partial charge in [-0.2, -0.15) is 0 Å². The van der Waals surface area contributed by atoms with Gasteiger partial charge in [-0.05, 0) is 74.6 Å². The number of fused-ring (bicyclic) bond motifs is 2. The average Bonchev–Trinajstić information content (AvgIpc) is 2.79. The SMILES string of the molecule is CN1C2CCC1CC(n1cc3c4c(cccc4c1=O)CCC3)C2.Cl. The Kier molecular flexibility index (Phi) is 3.97. The molecule has 2 bridgehead atoms. The summed E-state index contributed by atoms with van der Waals surface area (Å²) >= 11 is 0. The van der Waals surface area contributed by atoms with Gasteiger partial charge in [0.2, 0.25) is 0 Å². The summed E-state index contributed by atoms with van der Waals surface area (Å²) in [7, 11) is 2.26. The molecule has 0 saturated carbocycles. The number of rotatable bonds is 1. The number of nitrogens with zero attached hydrogens (tertiary/aromatic N) is 2. The lowest BCUT2D eigenvalue weighted by Gasteiger charge is -2.37. The van der Waals surface area contributed by atoms with E-state index in [0.29, 0.717) is 18.1 Å². The topological polar surface area (TPSA) is 25.2 Å². The largest absolute Gasteiger partial charge is 0.312 e. The van der Waals surface area contributed by atoms with E-state index in [1.165, 1.54) is 35.8 Å². The Morgan fingerprint density at radius 3 is 2.46 bits per heavy atom. The molecule has 3 heterocycles. The summed E-state index contributed by atoms with van der Waals surface area (Å²) in [5, 5.41) is 2.21. The van der Waals surface area contributed by atoms with Gasteiger partial charge in [0, 0.05) is 29.7 Å². The number of hydrogen-bond donors (Lipinski definition) is 0. The van der Waals surface area contributed by atoms with Crippen LogP contribution in [0.15, 0.2) is 29.2 Å². The second-order valence-electron chi connectivity index (χ2n) is 7.74. The number of hydrogen-bond acceptors (Lipinski definition) is 2. The third kappa shape index (κ3) is 2.25. The molecule has 2 aliphatic heterocycles. The zero-order valence-corrected chi connectivity index (χ0v) is 15.0. The molecule has 2 unspecified atom stereocenters. The van der Waals surface area contributed by atoms with Crippen molar-refractivity contribution in [2.24, 2.45) is 0 Å². The molecule has 0 N–H and O–H groups in total. The molecule has 128 valence electrons. The summed E-state index contributed by atoms with van der Waals surface area (Å²) in [6, 6.07) is 8.03. The number of aromatic nitrogens is 1. The van der Waals surface area contributed by atoms with Gasteiger partial charge in [-0.25, -0.2) is 0 Å². The maximum atomic E-state index is 13.1. The van der Waals surface area contributed by atoms with E-state index in [1.54, 1.807) is 0 Å². The molecule has 0 radical (unpaired) electrons. The van der Waals surface area contributed by atoms with Crippen LogP contribution in [0, 0.1) is 0 Å². The summed E-state index contributed by atoms with van der Waals surface area (Å²) in [5.74, 6) is 0. The molecule has 2 atom stereocenters. The van der Waals surface area contributed by atoms with Crippen LogP contribution in [0.4, 0.5) is 0 Å². The van der Waals surface area contributed by atoms with Crippen molar-refractivity contribution in [3.63, 3.8) is 0 Å². The molecule has 1 aliphatic carbocycles. The van der Waals surface area contributed by atoms with Crippen LogP contribution in [0.5, 0.6) is 0 Å². The molecule has 1 aromatic heterocycles. The first-order valence-corrected chi connectivity index (χ1v) is 9.10. The molecule has 3 aliphatic rings. The van der Waals surface area contributed by atoms with Crippen LogP contribution >= 0.6 is 12.4 Å². The van der Waals surface area contributed by atoms with Gasteiger partial charge in [0.1, 0.15) is 0 Å². The lowest BCUT2D eigenvalue weighted by atomic mass is 9.89. The third-order valence-corrected chi connectivity index (χ3v) is 6.59. The average molecular weight is 345 g/mol. The van der Waals surface area contributed by atoms with E-state index >= 15 is 0 Å². The Hall–Kier alpha value is -1.32. The summed E-state index contributed by atoms with van der Waals surface area (Å²) in [6.45, 7) is 0. The number of aryl methyl sites for hydroxylation is 2. The minimum atomic E-state index is 0. The van der Waals surface area contributed by atoms with Crippen molar-refractivity contribution in [3.05, 3.63) is 45.9 Å². The Bertz CT molecular complexity index is 829. The molecule has 1 aromatic carbocycles. The van der Waals surface area contributed by atoms with E-state index in [0.717, 1.165) is 31.1 Å². The molecular weight excluding hydrogens is 320 g/mol. The van der Waals surface area contributed by atoms with E-state index in [2.05, 4.69) is 34.8 Å². The number of halogens is 1. The van der Waals surface area contributed by atoms with Crippen molar-refractivity contribution in [2.45, 2.75) is 63.1 Å². The van der Waals surface area contributed by atoms with Crippen LogP contribution in [0.1, 0.15) is 49.3 Å². The second-order valence-corrected chi connectivity index (χ2v) is 7.74. The van der Waals surface area contributed by atoms with Crippen LogP contribution in [-0.2, 0) is 12.8 Å². The van der Waals surface area contributed by atoms with Crippen LogP contribution < -0.4 is 5.56 Å². The van der Waals surface area contributed by atoms with Gasteiger partial charge in [-0.3, -0.25) is 4.79 Å². The highest BCUT2D eigenvalue weighted by Gasteiger charge is 2.39. The lowest BCUT2D eigenvalue weighted by Crippen LogP contribution is -2.42. The van der Waals surface area contributed by atoms with Gasteiger partial charge >= 0.3 is 0 Å². The van der Waals surface area contributed by atoms with E-state index in [4.69, 9.17) is 0 Å². The van der Waals surface area contributed by atoms with E-state index in [-0.39, 0.29) is 18.0 Å². The smallest absolute Gasteiger partial charge is 0.258 e. The first kappa shape index (κ1) is 16.2. The zero-order chi connectivity index (χ0) is 15.6. The van der Waals surface area contributed by atoms with Crippen LogP contribution in [0.3, 0.4) is 0 Å². The van der Waals surface area contributed by atoms with E-state index in [9.17, 15) is 4.79 Å². The monoisotopic (exact) mass is 344 g/mol. The molecule has 24 heavy (non-hydrogen) atoms. The van der Waals surface area contributed by atoms with Crippen molar-refractivity contribution in [3.8, 4) is 0 Å². The first-order valence-electron chi connectivity index (χ1n) is 9.10. The predicted molar refractivity (Wildman–Crippen MR) is 100 cm³/mol. The number of piperidine rings is 1. The van der Waals surface area contributed by atoms with Crippen LogP contribution in [-0.4, -0.2) is 28.6 Å². The van der Waals surface area contributed by atoms with Gasteiger partial charge in [-0.1, -0.05) is 12.1 Å². The molecule has 0 spiro atoms. The lowest BCUT2D eigenvalue weighted by molar-refractivity contribution is 0.136. The molecule has 2 fully saturated rings. The molecule has 5 rings (SSSR count). The van der Waals surface area contributed by atoms with Crippen molar-refractivity contribution in [1.29, 1.82) is 0 Å². The van der Waals surface area contributed by atoms with Gasteiger partial charge in [0.15, 0.2) is 0 Å². The minimum Gasteiger partial charge on any atom is -0.312 e. The minimum absolute atomic E-state index is 0. The summed E-state index contributed by atoms with van der Waals surface area (Å²) in [5.41, 5.74) is 3.01. The van der Waals surface area contributed by atoms with E-state index in [1.807, 2.05) is 6.07 Å². The second kappa shape index (κ2) is 5.89. The summed E-state index contributed by atoms with van der Waals surface area (Å²) < 4.78 is 2.10. The Morgan fingerprint density at radius 1 is 1.00 bits per heavy atom. The highest BCUT2D eigenvalue weighted by molar-refractivity contribution is 5.88. The molecule has 2 saturated heterocycles. The fraction of sp³-hybridized carbons (Fsp3) is 0.550. The fourth-order valence-electron chi connectivity index (χ4n) is 5.34. The van der Waals surface area contributed by atoms with Gasteiger partial charge in [0.05, 0.1) is 0 Å². The number of benzene rings is 1. The van der Waals surface area contributed by atoms with Crippen molar-refractivity contribution < 1.29 is 0 Å². The molecular formula is C20H25ClN2O. The fourth-order valence-corrected chi connectivity index (χ4v) is 5.34. The van der Waals surface area contributed by atoms with Crippen molar-refractivity contribution in [2.75, 3.05) is 7.05 Å². The third-order valence-electron chi connectivity index (χ3n) is 6.59. The van der Waals surface area contributed by atoms with Crippen molar-refractivity contribution >= 4 is 23.2 Å². The van der Waals surface area contributed by atoms with Crippen LogP contribution in [0.25, 0.3) is 10.8 Å². The standard InChI is InChI=1S/C20H24N2O.ClH/c1-21-15-8-9-16(21)11-17(10-15)22-12-14-6-2-4-13-5-3-7-18(19(13)14)20(22)23;/h3,5,7,12,15-17H,2,4,6,8-11H2,1H3;1H. The van der Waals surface area contributed by atoms with Crippen molar-refractivity contribution in [1.82, 2.24) is 9.47 Å². The Morgan fingerprint density at radius 2 is 1.71 bits per heavy atom. The number of pyridine rings is 1. The van der Waals surface area contributed by atoms with Gasteiger partial charge in [-0.15, -0.1) is 12.4 Å². The molecule has 0 amide bonds. The van der Waals surface area contributed by atoms with Crippen LogP contribution in [0.2, 0.25) is 0 Å².